The van der Waals surface area contributed by atoms with Gasteiger partial charge in [-0.25, -0.2) is 0 Å². The average molecular weight is 499 g/mol. The molecule has 0 aromatic carbocycles. The Kier molecular flexibility index (Phi) is 15.1. The van der Waals surface area contributed by atoms with Gasteiger partial charge in [0.1, 0.15) is 6.10 Å². The minimum absolute atomic E-state index is 0.0587. The summed E-state index contributed by atoms with van der Waals surface area (Å²) in [7, 11) is 0. The molecule has 1 heterocycles. The van der Waals surface area contributed by atoms with Gasteiger partial charge in [-0.3, -0.25) is 14.4 Å². The van der Waals surface area contributed by atoms with Crippen molar-refractivity contribution in [3.63, 3.8) is 0 Å². The molecule has 0 aromatic heterocycles. The molecule has 8 heteroatoms. The fraction of sp³-hybridized carbons (Fsp3) is 0.889. The van der Waals surface area contributed by atoms with Gasteiger partial charge in [0.15, 0.2) is 5.79 Å². The number of carbonyl (C=O) groups excluding carboxylic acids is 3. The number of unbranched alkanes of at least 4 members (excludes halogenated alkanes) is 8. The topological polar surface area (TPSA) is 103 Å². The largest absolute Gasteiger partial charge is 0.466 e. The van der Waals surface area contributed by atoms with Gasteiger partial charge in [0.2, 0.25) is 11.8 Å². The van der Waals surface area contributed by atoms with Crippen LogP contribution >= 0.6 is 0 Å². The lowest BCUT2D eigenvalue weighted by molar-refractivity contribution is -0.304. The van der Waals surface area contributed by atoms with Crippen LogP contribution in [0.25, 0.3) is 0 Å². The lowest BCUT2D eigenvalue weighted by Crippen LogP contribution is -2.56. The molecule has 0 aromatic rings. The predicted molar refractivity (Wildman–Crippen MR) is 137 cm³/mol. The molecule has 1 rings (SSSR count). The highest BCUT2D eigenvalue weighted by atomic mass is 16.7. The molecule has 8 nitrogen and oxygen atoms in total. The second kappa shape index (κ2) is 16.9. The number of ether oxygens (including phenoxy) is 3. The van der Waals surface area contributed by atoms with Crippen LogP contribution in [0, 0.1) is 5.41 Å². The molecule has 0 saturated carbocycles. The van der Waals surface area contributed by atoms with E-state index in [1.54, 1.807) is 13.8 Å². The molecule has 0 radical (unpaired) electrons. The maximum absolute atomic E-state index is 12.5. The number of hydrogen-bond acceptors (Lipinski definition) is 6. The predicted octanol–water partition coefficient (Wildman–Crippen LogP) is 4.64. The number of esters is 1. The van der Waals surface area contributed by atoms with Crippen LogP contribution in [0.4, 0.5) is 0 Å². The van der Waals surface area contributed by atoms with E-state index in [2.05, 4.69) is 17.6 Å². The lowest BCUT2D eigenvalue weighted by Gasteiger charge is -2.44. The van der Waals surface area contributed by atoms with E-state index >= 15 is 0 Å². The van der Waals surface area contributed by atoms with E-state index in [-0.39, 0.29) is 37.4 Å². The number of carbonyl (C=O) groups is 3. The van der Waals surface area contributed by atoms with Crippen LogP contribution in [-0.2, 0) is 28.6 Å². The van der Waals surface area contributed by atoms with Gasteiger partial charge in [-0.05, 0) is 26.7 Å². The first-order valence-corrected chi connectivity index (χ1v) is 13.6. The van der Waals surface area contributed by atoms with E-state index in [1.165, 1.54) is 44.9 Å². The normalized spacial score (nSPS) is 18.6. The van der Waals surface area contributed by atoms with Gasteiger partial charge >= 0.3 is 5.97 Å². The first-order chi connectivity index (χ1) is 16.6. The molecule has 0 bridgehead atoms. The summed E-state index contributed by atoms with van der Waals surface area (Å²) >= 11 is 0. The van der Waals surface area contributed by atoms with Gasteiger partial charge in [0.25, 0.3) is 0 Å². The monoisotopic (exact) mass is 498 g/mol. The molecule has 1 saturated heterocycles. The molecule has 0 spiro atoms. The van der Waals surface area contributed by atoms with Crippen molar-refractivity contribution in [1.29, 1.82) is 0 Å². The van der Waals surface area contributed by atoms with E-state index in [0.717, 1.165) is 12.8 Å². The van der Waals surface area contributed by atoms with Crippen molar-refractivity contribution in [2.24, 2.45) is 5.41 Å². The SMILES string of the molecule is CCCCCCCCCCCC(=O)NCCCOC(=O)CCNC(=O)C1OC(C)(C)OCC1(C)C. The van der Waals surface area contributed by atoms with Crippen molar-refractivity contribution in [2.75, 3.05) is 26.3 Å². The fourth-order valence-corrected chi connectivity index (χ4v) is 3.94. The Bertz CT molecular complexity index is 635. The standard InChI is InChI=1S/C27H50N2O6/c1-6-7-8-9-10-11-12-13-14-16-22(30)28-18-15-20-33-23(31)17-19-29-25(32)24-26(2,3)21-34-27(4,5)35-24/h24H,6-21H2,1-5H3,(H,28,30)(H,29,32). The average Bonchev–Trinajstić information content (AvgIpc) is 2.79. The van der Waals surface area contributed by atoms with Crippen molar-refractivity contribution >= 4 is 17.8 Å². The van der Waals surface area contributed by atoms with Crippen molar-refractivity contribution in [3.8, 4) is 0 Å². The zero-order valence-corrected chi connectivity index (χ0v) is 22.8. The van der Waals surface area contributed by atoms with Gasteiger partial charge in [-0.2, -0.15) is 0 Å². The maximum atomic E-state index is 12.5. The third-order valence-corrected chi connectivity index (χ3v) is 6.18. The van der Waals surface area contributed by atoms with E-state index in [9.17, 15) is 14.4 Å². The van der Waals surface area contributed by atoms with Gasteiger partial charge in [0, 0.05) is 24.9 Å². The van der Waals surface area contributed by atoms with Crippen molar-refractivity contribution in [3.05, 3.63) is 0 Å². The Morgan fingerprint density at radius 3 is 2.11 bits per heavy atom. The molecular formula is C27H50N2O6. The van der Waals surface area contributed by atoms with Crippen LogP contribution in [0.3, 0.4) is 0 Å². The second-order valence-electron chi connectivity index (χ2n) is 10.7. The summed E-state index contributed by atoms with van der Waals surface area (Å²) in [4.78, 5) is 36.3. The maximum Gasteiger partial charge on any atom is 0.307 e. The van der Waals surface area contributed by atoms with Gasteiger partial charge in [-0.1, -0.05) is 72.1 Å². The number of nitrogens with one attached hydrogen (secondary N) is 2. The molecule has 2 N–H and O–H groups in total. The first-order valence-electron chi connectivity index (χ1n) is 13.6. The Morgan fingerprint density at radius 1 is 0.829 bits per heavy atom. The summed E-state index contributed by atoms with van der Waals surface area (Å²) in [5.74, 6) is -1.39. The summed E-state index contributed by atoms with van der Waals surface area (Å²) in [5.41, 5.74) is -0.460. The van der Waals surface area contributed by atoms with Crippen molar-refractivity contribution < 1.29 is 28.6 Å². The van der Waals surface area contributed by atoms with Crippen molar-refractivity contribution in [1.82, 2.24) is 10.6 Å². The molecule has 0 aliphatic carbocycles. The highest BCUT2D eigenvalue weighted by Crippen LogP contribution is 2.34. The molecular weight excluding hydrogens is 448 g/mol. The van der Waals surface area contributed by atoms with Crippen LogP contribution in [0.15, 0.2) is 0 Å². The van der Waals surface area contributed by atoms with Gasteiger partial charge in [-0.15, -0.1) is 0 Å². The molecule has 1 atom stereocenters. The van der Waals surface area contributed by atoms with E-state index in [4.69, 9.17) is 14.2 Å². The highest BCUT2D eigenvalue weighted by molar-refractivity contribution is 5.82. The summed E-state index contributed by atoms with van der Waals surface area (Å²) < 4.78 is 16.6. The summed E-state index contributed by atoms with van der Waals surface area (Å²) in [5, 5.41) is 5.64. The van der Waals surface area contributed by atoms with Gasteiger partial charge in [0.05, 0.1) is 19.6 Å². The fourth-order valence-electron chi connectivity index (χ4n) is 3.94. The molecule has 1 aliphatic rings. The quantitative estimate of drug-likeness (QED) is 0.211. The minimum Gasteiger partial charge on any atom is -0.466 e. The zero-order valence-electron chi connectivity index (χ0n) is 22.8. The number of rotatable bonds is 18. The number of amides is 2. The Balaban J connectivity index is 2.01. The summed E-state index contributed by atoms with van der Waals surface area (Å²) in [6.45, 7) is 10.9. The molecule has 1 unspecified atom stereocenters. The molecule has 35 heavy (non-hydrogen) atoms. The van der Waals surface area contributed by atoms with E-state index in [1.807, 2.05) is 13.8 Å². The lowest BCUT2D eigenvalue weighted by atomic mass is 9.85. The van der Waals surface area contributed by atoms with Gasteiger partial charge < -0.3 is 24.8 Å². The Hall–Kier alpha value is -1.67. The smallest absolute Gasteiger partial charge is 0.307 e. The summed E-state index contributed by atoms with van der Waals surface area (Å²) in [6, 6.07) is 0. The van der Waals surface area contributed by atoms with Crippen LogP contribution in [-0.4, -0.2) is 56.0 Å². The number of hydrogen-bond donors (Lipinski definition) is 2. The molecule has 1 aliphatic heterocycles. The molecule has 1 fully saturated rings. The van der Waals surface area contributed by atoms with Crippen molar-refractivity contribution in [2.45, 2.75) is 124 Å². The van der Waals surface area contributed by atoms with Crippen LogP contribution < -0.4 is 10.6 Å². The van der Waals surface area contributed by atoms with E-state index in [0.29, 0.717) is 26.0 Å². The first kappa shape index (κ1) is 31.4. The van der Waals surface area contributed by atoms with E-state index < -0.39 is 17.3 Å². The minimum atomic E-state index is -0.820. The summed E-state index contributed by atoms with van der Waals surface area (Å²) in [6.07, 6.45) is 11.6. The Labute approximate surface area is 212 Å². The highest BCUT2D eigenvalue weighted by Gasteiger charge is 2.45. The molecule has 2 amide bonds. The zero-order chi connectivity index (χ0) is 26.2. The third kappa shape index (κ3) is 14.5. The molecule has 204 valence electrons. The van der Waals surface area contributed by atoms with Crippen LogP contribution in [0.1, 0.15) is 112 Å². The Morgan fingerprint density at radius 2 is 1.46 bits per heavy atom. The second-order valence-corrected chi connectivity index (χ2v) is 10.7. The third-order valence-electron chi connectivity index (χ3n) is 6.18. The van der Waals surface area contributed by atoms with Crippen LogP contribution in [0.5, 0.6) is 0 Å². The van der Waals surface area contributed by atoms with Crippen LogP contribution in [0.2, 0.25) is 0 Å².